The van der Waals surface area contributed by atoms with E-state index in [2.05, 4.69) is 16.9 Å². The Kier molecular flexibility index (Phi) is 5.63. The van der Waals surface area contributed by atoms with E-state index in [1.807, 2.05) is 41.9 Å². The number of para-hydroxylation sites is 1. The number of hydrogen-bond acceptors (Lipinski definition) is 4. The molecule has 0 radical (unpaired) electrons. The molecule has 0 bridgehead atoms. The summed E-state index contributed by atoms with van der Waals surface area (Å²) in [6, 6.07) is 11.3. The predicted octanol–water partition coefficient (Wildman–Crippen LogP) is 3.04. The largest absolute Gasteiger partial charge is 0.335 e. The summed E-state index contributed by atoms with van der Waals surface area (Å²) in [5.74, 6) is -0.406. The van der Waals surface area contributed by atoms with E-state index in [1.165, 1.54) is 17.8 Å². The van der Waals surface area contributed by atoms with Crippen molar-refractivity contribution < 1.29 is 13.6 Å². The molecule has 3 aromatic rings. The van der Waals surface area contributed by atoms with Crippen LogP contribution in [0.5, 0.6) is 0 Å². The van der Waals surface area contributed by atoms with Crippen molar-refractivity contribution >= 4 is 5.91 Å². The van der Waals surface area contributed by atoms with Gasteiger partial charge in [0.25, 0.3) is 5.91 Å². The molecule has 0 aliphatic carbocycles. The van der Waals surface area contributed by atoms with Gasteiger partial charge in [0.1, 0.15) is 5.69 Å². The molecule has 3 heterocycles. The van der Waals surface area contributed by atoms with Gasteiger partial charge in [-0.25, -0.2) is 4.68 Å². The molecule has 0 saturated carbocycles. The van der Waals surface area contributed by atoms with Gasteiger partial charge in [-0.1, -0.05) is 18.2 Å². The summed E-state index contributed by atoms with van der Waals surface area (Å²) in [6.07, 6.45) is 1.23. The lowest BCUT2D eigenvalue weighted by molar-refractivity contribution is 0.0423. The summed E-state index contributed by atoms with van der Waals surface area (Å²) >= 11 is 0. The third-order valence-corrected chi connectivity index (χ3v) is 5.56. The summed E-state index contributed by atoms with van der Waals surface area (Å²) < 4.78 is 28.4. The average Bonchev–Trinajstić information content (AvgIpc) is 3.35. The minimum atomic E-state index is -2.83. The topological polar surface area (TPSA) is 59.2 Å². The minimum Gasteiger partial charge on any atom is -0.335 e. The zero-order valence-electron chi connectivity index (χ0n) is 17.0. The Hall–Kier alpha value is -3.07. The first-order valence-electron chi connectivity index (χ1n) is 9.89. The van der Waals surface area contributed by atoms with Crippen molar-refractivity contribution in [1.29, 1.82) is 0 Å². The molecule has 0 atom stereocenters. The molecule has 1 amide bonds. The Morgan fingerprint density at radius 2 is 1.77 bits per heavy atom. The van der Waals surface area contributed by atoms with Gasteiger partial charge in [0, 0.05) is 50.2 Å². The van der Waals surface area contributed by atoms with Gasteiger partial charge in [0.2, 0.25) is 0 Å². The SMILES string of the molecule is Cc1nn(-c2ccccc2)c(C)c1CN1CCN(C(=O)c2ccnn2C(F)F)CC1. The number of hydrogen-bond donors (Lipinski definition) is 0. The van der Waals surface area contributed by atoms with Crippen molar-refractivity contribution in [2.45, 2.75) is 26.9 Å². The maximum Gasteiger partial charge on any atom is 0.333 e. The number of aryl methyl sites for hydroxylation is 1. The number of carbonyl (C=O) groups is 1. The highest BCUT2D eigenvalue weighted by Gasteiger charge is 2.27. The number of aromatic nitrogens is 4. The van der Waals surface area contributed by atoms with Crippen molar-refractivity contribution in [2.24, 2.45) is 0 Å². The molecule has 0 spiro atoms. The number of piperazine rings is 1. The fourth-order valence-electron chi connectivity index (χ4n) is 3.86. The molecular formula is C21H24F2N6O. The molecule has 4 rings (SSSR count). The zero-order valence-corrected chi connectivity index (χ0v) is 17.0. The summed E-state index contributed by atoms with van der Waals surface area (Å²) in [7, 11) is 0. The smallest absolute Gasteiger partial charge is 0.333 e. The van der Waals surface area contributed by atoms with Crippen molar-refractivity contribution in [1.82, 2.24) is 29.4 Å². The number of alkyl halides is 2. The van der Waals surface area contributed by atoms with Crippen LogP contribution < -0.4 is 0 Å². The Morgan fingerprint density at radius 1 is 1.07 bits per heavy atom. The fraction of sp³-hybridized carbons (Fsp3) is 0.381. The number of benzene rings is 1. The highest BCUT2D eigenvalue weighted by molar-refractivity contribution is 5.92. The van der Waals surface area contributed by atoms with E-state index in [9.17, 15) is 13.6 Å². The van der Waals surface area contributed by atoms with Crippen LogP contribution in [-0.4, -0.2) is 61.4 Å². The van der Waals surface area contributed by atoms with Crippen molar-refractivity contribution in [3.63, 3.8) is 0 Å². The van der Waals surface area contributed by atoms with Crippen LogP contribution in [-0.2, 0) is 6.54 Å². The van der Waals surface area contributed by atoms with Crippen LogP contribution in [0, 0.1) is 13.8 Å². The van der Waals surface area contributed by atoms with Crippen molar-refractivity contribution in [2.75, 3.05) is 26.2 Å². The minimum absolute atomic E-state index is 0.0747. The molecule has 0 N–H and O–H groups in total. The zero-order chi connectivity index (χ0) is 21.3. The normalized spacial score (nSPS) is 15.2. The Morgan fingerprint density at radius 3 is 2.43 bits per heavy atom. The number of halogens is 2. The first-order valence-corrected chi connectivity index (χ1v) is 9.89. The van der Waals surface area contributed by atoms with Crippen LogP contribution in [0.4, 0.5) is 8.78 Å². The molecule has 1 aliphatic heterocycles. The predicted molar refractivity (Wildman–Crippen MR) is 108 cm³/mol. The molecule has 1 fully saturated rings. The van der Waals surface area contributed by atoms with Gasteiger partial charge in [0.05, 0.1) is 11.4 Å². The first-order chi connectivity index (χ1) is 14.5. The number of nitrogens with zero attached hydrogens (tertiary/aromatic N) is 6. The molecule has 1 aliphatic rings. The quantitative estimate of drug-likeness (QED) is 0.644. The van der Waals surface area contributed by atoms with Crippen LogP contribution in [0.3, 0.4) is 0 Å². The molecule has 9 heteroatoms. The van der Waals surface area contributed by atoms with Gasteiger partial charge in [-0.3, -0.25) is 9.69 Å². The molecule has 7 nitrogen and oxygen atoms in total. The molecule has 0 unspecified atom stereocenters. The van der Waals surface area contributed by atoms with E-state index in [0.29, 0.717) is 30.9 Å². The Labute approximate surface area is 173 Å². The molecule has 158 valence electrons. The lowest BCUT2D eigenvalue weighted by Crippen LogP contribution is -2.48. The summed E-state index contributed by atoms with van der Waals surface area (Å²) in [5, 5.41) is 8.24. The maximum absolute atomic E-state index is 13.0. The molecule has 2 aromatic heterocycles. The number of carbonyl (C=O) groups excluding carboxylic acids is 1. The molecule has 1 saturated heterocycles. The van der Waals surface area contributed by atoms with E-state index in [4.69, 9.17) is 5.10 Å². The summed E-state index contributed by atoms with van der Waals surface area (Å²) in [6.45, 7) is 4.29. The van der Waals surface area contributed by atoms with Gasteiger partial charge in [-0.2, -0.15) is 23.7 Å². The van der Waals surface area contributed by atoms with E-state index in [-0.39, 0.29) is 5.69 Å². The van der Waals surface area contributed by atoms with Crippen LogP contribution in [0.2, 0.25) is 0 Å². The van der Waals surface area contributed by atoms with E-state index >= 15 is 0 Å². The van der Waals surface area contributed by atoms with E-state index in [0.717, 1.165) is 23.6 Å². The fourth-order valence-corrected chi connectivity index (χ4v) is 3.86. The van der Waals surface area contributed by atoms with Gasteiger partial charge in [0.15, 0.2) is 0 Å². The third kappa shape index (κ3) is 3.85. The number of amides is 1. The van der Waals surface area contributed by atoms with Gasteiger partial charge < -0.3 is 4.90 Å². The highest BCUT2D eigenvalue weighted by Crippen LogP contribution is 2.21. The second-order valence-corrected chi connectivity index (χ2v) is 7.40. The van der Waals surface area contributed by atoms with Crippen molar-refractivity contribution in [3.8, 4) is 5.69 Å². The average molecular weight is 414 g/mol. The summed E-state index contributed by atoms with van der Waals surface area (Å²) in [5.41, 5.74) is 4.20. The van der Waals surface area contributed by atoms with Crippen LogP contribution in [0.25, 0.3) is 5.69 Å². The third-order valence-electron chi connectivity index (χ3n) is 5.56. The lowest BCUT2D eigenvalue weighted by atomic mass is 10.1. The van der Waals surface area contributed by atoms with Gasteiger partial charge in [-0.15, -0.1) is 0 Å². The monoisotopic (exact) mass is 414 g/mol. The van der Waals surface area contributed by atoms with E-state index in [1.54, 1.807) is 4.90 Å². The van der Waals surface area contributed by atoms with Gasteiger partial charge >= 0.3 is 6.55 Å². The Bertz CT molecular complexity index is 1020. The lowest BCUT2D eigenvalue weighted by Gasteiger charge is -2.34. The van der Waals surface area contributed by atoms with Crippen LogP contribution >= 0.6 is 0 Å². The van der Waals surface area contributed by atoms with E-state index < -0.39 is 12.5 Å². The van der Waals surface area contributed by atoms with Gasteiger partial charge in [-0.05, 0) is 32.0 Å². The highest BCUT2D eigenvalue weighted by atomic mass is 19.3. The molecular weight excluding hydrogens is 390 g/mol. The Balaban J connectivity index is 1.41. The summed E-state index contributed by atoms with van der Waals surface area (Å²) in [4.78, 5) is 16.5. The van der Waals surface area contributed by atoms with Crippen LogP contribution in [0.1, 0.15) is 34.0 Å². The second-order valence-electron chi connectivity index (χ2n) is 7.40. The van der Waals surface area contributed by atoms with Crippen molar-refractivity contribution in [3.05, 3.63) is 65.2 Å². The molecule has 1 aromatic carbocycles. The van der Waals surface area contributed by atoms with Crippen LogP contribution in [0.15, 0.2) is 42.6 Å². The first kappa shape index (κ1) is 20.2. The number of rotatable bonds is 5. The molecule has 30 heavy (non-hydrogen) atoms. The standard InChI is InChI=1S/C21H24F2N6O/c1-15-18(16(2)28(25-15)17-6-4-3-5-7-17)14-26-10-12-27(13-11-26)20(30)19-8-9-24-29(19)21(22)23/h3-9,21H,10-14H2,1-2H3. The second kappa shape index (κ2) is 8.35. The maximum atomic E-state index is 13.0.